The van der Waals surface area contributed by atoms with E-state index in [-0.39, 0.29) is 25.0 Å². The molecule has 1 aliphatic heterocycles. The average molecular weight is 419 g/mol. The van der Waals surface area contributed by atoms with Crippen molar-refractivity contribution in [1.29, 1.82) is 0 Å². The summed E-state index contributed by atoms with van der Waals surface area (Å²) in [5, 5.41) is 8.23. The molecule has 0 unspecified atom stereocenters. The summed E-state index contributed by atoms with van der Waals surface area (Å²) in [5.41, 5.74) is 9.02. The van der Waals surface area contributed by atoms with Crippen LogP contribution in [0.1, 0.15) is 39.2 Å². The molecule has 3 aromatic rings. The molecule has 1 amide bonds. The van der Waals surface area contributed by atoms with E-state index in [1.165, 1.54) is 0 Å². The summed E-state index contributed by atoms with van der Waals surface area (Å²) in [6.45, 7) is 1.30. The number of aromatic nitrogens is 4. The van der Waals surface area contributed by atoms with Crippen molar-refractivity contribution in [3.05, 3.63) is 48.3 Å². The van der Waals surface area contributed by atoms with Crippen molar-refractivity contribution >= 4 is 17.3 Å². The Bertz CT molecular complexity index is 1120. The van der Waals surface area contributed by atoms with Crippen molar-refractivity contribution in [3.8, 4) is 23.0 Å². The maximum absolute atomic E-state index is 12.7. The van der Waals surface area contributed by atoms with Gasteiger partial charge in [-0.3, -0.25) is 4.79 Å². The Labute approximate surface area is 181 Å². The van der Waals surface area contributed by atoms with E-state index in [4.69, 9.17) is 10.2 Å². The molecule has 0 atom stereocenters. The molecule has 2 aliphatic rings. The van der Waals surface area contributed by atoms with Crippen LogP contribution in [-0.4, -0.2) is 44.1 Å². The molecule has 1 saturated carbocycles. The molecule has 0 radical (unpaired) electrons. The van der Waals surface area contributed by atoms with Gasteiger partial charge in [-0.25, -0.2) is 9.97 Å². The lowest BCUT2D eigenvalue weighted by atomic mass is 10.0. The number of carbonyl (C=O) groups is 1. The van der Waals surface area contributed by atoms with Crippen LogP contribution in [0.25, 0.3) is 28.6 Å². The van der Waals surface area contributed by atoms with Crippen molar-refractivity contribution in [1.82, 2.24) is 25.1 Å². The maximum Gasteiger partial charge on any atom is 0.270 e. The second-order valence-electron chi connectivity index (χ2n) is 8.01. The van der Waals surface area contributed by atoms with Gasteiger partial charge in [0.05, 0.1) is 11.9 Å². The van der Waals surface area contributed by atoms with E-state index in [2.05, 4.69) is 26.2 Å². The molecule has 160 valence electrons. The molecule has 8 nitrogen and oxygen atoms in total. The highest BCUT2D eigenvalue weighted by Gasteiger charge is 2.28. The van der Waals surface area contributed by atoms with Gasteiger partial charge in [0.2, 0.25) is 11.8 Å². The summed E-state index contributed by atoms with van der Waals surface area (Å²) < 4.78 is 5.81. The van der Waals surface area contributed by atoms with Gasteiger partial charge in [0.25, 0.3) is 5.89 Å². The van der Waals surface area contributed by atoms with E-state index in [9.17, 15) is 4.79 Å². The summed E-state index contributed by atoms with van der Waals surface area (Å²) in [7, 11) is 0. The molecular weight excluding hydrogens is 392 g/mol. The normalized spacial score (nSPS) is 17.0. The number of nitrogens with zero attached hydrogens (tertiary/aromatic N) is 5. The van der Waals surface area contributed by atoms with E-state index >= 15 is 0 Å². The van der Waals surface area contributed by atoms with Crippen LogP contribution in [0.15, 0.2) is 47.0 Å². The molecule has 31 heavy (non-hydrogen) atoms. The number of hydrogen-bond acceptors (Lipinski definition) is 7. The number of nitrogens with two attached hydrogens (primary N) is 1. The fourth-order valence-electron chi connectivity index (χ4n) is 4.26. The standard InChI is InChI=1S/C23H24N6O2.H2/c24-20-19(22-28-27-21(31-22)16-6-2-1-3-7-16)26-18(14-25-20)15-10-12-29(13-11-15)23(30)17-8-4-5-9-17;/h1-3,6-7,10,14,17H,4-5,8-9,11-13H2,(H2,24,25);1H. The minimum absolute atomic E-state index is 0. The summed E-state index contributed by atoms with van der Waals surface area (Å²) >= 11 is 0. The third kappa shape index (κ3) is 3.93. The zero-order chi connectivity index (χ0) is 21.2. The minimum Gasteiger partial charge on any atom is -0.414 e. The van der Waals surface area contributed by atoms with Crippen molar-refractivity contribution in [2.45, 2.75) is 32.1 Å². The fraction of sp³-hybridized carbons (Fsp3) is 0.348. The van der Waals surface area contributed by atoms with Gasteiger partial charge in [0, 0.05) is 26.0 Å². The molecule has 5 rings (SSSR count). The van der Waals surface area contributed by atoms with Gasteiger partial charge in [-0.1, -0.05) is 37.1 Å². The third-order valence-electron chi connectivity index (χ3n) is 6.00. The monoisotopic (exact) mass is 418 g/mol. The number of benzene rings is 1. The molecule has 2 aromatic heterocycles. The molecule has 0 saturated heterocycles. The van der Waals surface area contributed by atoms with E-state index in [0.717, 1.165) is 48.9 Å². The Kier molecular flexibility index (Phi) is 5.19. The lowest BCUT2D eigenvalue weighted by Crippen LogP contribution is -2.38. The Morgan fingerprint density at radius 3 is 2.65 bits per heavy atom. The van der Waals surface area contributed by atoms with Crippen LogP contribution in [0, 0.1) is 5.92 Å². The minimum atomic E-state index is 0. The zero-order valence-corrected chi connectivity index (χ0v) is 17.2. The first-order valence-corrected chi connectivity index (χ1v) is 10.7. The molecule has 0 bridgehead atoms. The first-order valence-electron chi connectivity index (χ1n) is 10.7. The fourth-order valence-corrected chi connectivity index (χ4v) is 4.26. The van der Waals surface area contributed by atoms with Crippen LogP contribution in [-0.2, 0) is 4.79 Å². The molecule has 1 aromatic carbocycles. The lowest BCUT2D eigenvalue weighted by molar-refractivity contribution is -0.134. The van der Waals surface area contributed by atoms with Gasteiger partial charge in [0.1, 0.15) is 0 Å². The topological polar surface area (TPSA) is 111 Å². The Hall–Kier alpha value is -3.55. The summed E-state index contributed by atoms with van der Waals surface area (Å²) in [4.78, 5) is 23.6. The first kappa shape index (κ1) is 19.4. The Balaban J connectivity index is 0.00000245. The molecular formula is C23H26N6O2. The Morgan fingerprint density at radius 2 is 1.90 bits per heavy atom. The average Bonchev–Trinajstić information content (AvgIpc) is 3.52. The predicted octanol–water partition coefficient (Wildman–Crippen LogP) is 3.83. The van der Waals surface area contributed by atoms with Crippen LogP contribution in [0.4, 0.5) is 5.82 Å². The van der Waals surface area contributed by atoms with Gasteiger partial charge in [-0.15, -0.1) is 10.2 Å². The number of carbonyl (C=O) groups excluding carboxylic acids is 1. The van der Waals surface area contributed by atoms with Crippen LogP contribution in [0.5, 0.6) is 0 Å². The predicted molar refractivity (Wildman–Crippen MR) is 118 cm³/mol. The number of anilines is 1. The molecule has 3 heterocycles. The van der Waals surface area contributed by atoms with Crippen LogP contribution >= 0.6 is 0 Å². The van der Waals surface area contributed by atoms with Gasteiger partial charge < -0.3 is 15.1 Å². The van der Waals surface area contributed by atoms with Gasteiger partial charge in [0.15, 0.2) is 11.5 Å². The second kappa shape index (κ2) is 8.29. The molecule has 0 spiro atoms. The number of amides is 1. The summed E-state index contributed by atoms with van der Waals surface area (Å²) in [6, 6.07) is 9.53. The van der Waals surface area contributed by atoms with Gasteiger partial charge >= 0.3 is 0 Å². The van der Waals surface area contributed by atoms with E-state index in [1.54, 1.807) is 6.20 Å². The Morgan fingerprint density at radius 1 is 1.13 bits per heavy atom. The maximum atomic E-state index is 12.7. The number of rotatable bonds is 4. The van der Waals surface area contributed by atoms with E-state index < -0.39 is 0 Å². The number of hydrogen-bond donors (Lipinski definition) is 1. The second-order valence-corrected chi connectivity index (χ2v) is 8.01. The van der Waals surface area contributed by atoms with Crippen LogP contribution in [0.3, 0.4) is 0 Å². The van der Waals surface area contributed by atoms with Gasteiger partial charge in [-0.05, 0) is 37.0 Å². The van der Waals surface area contributed by atoms with E-state index in [1.807, 2.05) is 35.2 Å². The highest BCUT2D eigenvalue weighted by Crippen LogP contribution is 2.30. The first-order chi connectivity index (χ1) is 15.2. The quantitative estimate of drug-likeness (QED) is 0.685. The van der Waals surface area contributed by atoms with Crippen molar-refractivity contribution in [3.63, 3.8) is 0 Å². The van der Waals surface area contributed by atoms with Crippen molar-refractivity contribution in [2.75, 3.05) is 18.8 Å². The molecule has 1 aliphatic carbocycles. The van der Waals surface area contributed by atoms with Crippen LogP contribution < -0.4 is 5.73 Å². The highest BCUT2D eigenvalue weighted by molar-refractivity contribution is 5.80. The third-order valence-corrected chi connectivity index (χ3v) is 6.00. The molecule has 8 heteroatoms. The lowest BCUT2D eigenvalue weighted by Gasteiger charge is -2.28. The zero-order valence-electron chi connectivity index (χ0n) is 17.2. The van der Waals surface area contributed by atoms with E-state index in [0.29, 0.717) is 24.7 Å². The molecule has 2 N–H and O–H groups in total. The highest BCUT2D eigenvalue weighted by atomic mass is 16.4. The van der Waals surface area contributed by atoms with Crippen molar-refractivity contribution < 1.29 is 10.6 Å². The summed E-state index contributed by atoms with van der Waals surface area (Å²) in [6.07, 6.45) is 8.82. The van der Waals surface area contributed by atoms with Crippen LogP contribution in [0.2, 0.25) is 0 Å². The largest absolute Gasteiger partial charge is 0.414 e. The number of nitrogen functional groups attached to an aromatic ring is 1. The SMILES string of the molecule is Nc1ncc(C2=CCN(C(=O)C3CCCC3)CC2)nc1-c1nnc(-c2ccccc2)o1.[HH]. The van der Waals surface area contributed by atoms with Crippen molar-refractivity contribution in [2.24, 2.45) is 5.92 Å². The summed E-state index contributed by atoms with van der Waals surface area (Å²) in [5.74, 6) is 1.37. The van der Waals surface area contributed by atoms with Gasteiger partial charge in [-0.2, -0.15) is 0 Å². The smallest absolute Gasteiger partial charge is 0.270 e. The molecule has 1 fully saturated rings.